The van der Waals surface area contributed by atoms with Crippen molar-refractivity contribution in [3.63, 3.8) is 0 Å². The van der Waals surface area contributed by atoms with Crippen LogP contribution in [0.5, 0.6) is 5.75 Å². The predicted molar refractivity (Wildman–Crippen MR) is 145 cm³/mol. The van der Waals surface area contributed by atoms with E-state index in [1.54, 1.807) is 6.07 Å². The Balaban J connectivity index is 1.38. The van der Waals surface area contributed by atoms with Crippen LogP contribution in [0.2, 0.25) is 0 Å². The first kappa shape index (κ1) is 25.0. The first-order valence-electron chi connectivity index (χ1n) is 12.4. The first-order chi connectivity index (χ1) is 17.9. The molecular weight excluding hydrogens is 486 g/mol. The third-order valence-corrected chi connectivity index (χ3v) is 8.93. The van der Waals surface area contributed by atoms with E-state index < -0.39 is 27.8 Å². The highest BCUT2D eigenvalue weighted by molar-refractivity contribution is 7.90. The highest BCUT2D eigenvalue weighted by Gasteiger charge is 2.31. The van der Waals surface area contributed by atoms with Crippen LogP contribution >= 0.6 is 0 Å². The van der Waals surface area contributed by atoms with E-state index in [0.29, 0.717) is 25.0 Å². The van der Waals surface area contributed by atoms with Crippen LogP contribution in [-0.2, 0) is 27.7 Å². The van der Waals surface area contributed by atoms with Gasteiger partial charge < -0.3 is 9.84 Å². The number of rotatable bonds is 9. The zero-order valence-corrected chi connectivity index (χ0v) is 21.2. The van der Waals surface area contributed by atoms with Crippen LogP contribution in [0.4, 0.5) is 0 Å². The van der Waals surface area contributed by atoms with E-state index in [1.165, 1.54) is 0 Å². The molecule has 0 spiro atoms. The van der Waals surface area contributed by atoms with Crippen LogP contribution in [0.1, 0.15) is 34.6 Å². The molecule has 7 heteroatoms. The van der Waals surface area contributed by atoms with Gasteiger partial charge in [-0.05, 0) is 53.0 Å². The van der Waals surface area contributed by atoms with Gasteiger partial charge in [0.2, 0.25) is 10.0 Å². The molecule has 1 aliphatic rings. The molecule has 0 radical (unpaired) electrons. The Hall–Kier alpha value is -3.68. The number of aliphatic carboxylic acids is 1. The molecule has 37 heavy (non-hydrogen) atoms. The number of hydrogen-bond donors (Lipinski definition) is 2. The van der Waals surface area contributed by atoms with Gasteiger partial charge in [0.1, 0.15) is 5.75 Å². The number of ether oxygens (including phenoxy) is 1. The molecular formula is C30H29NO5S. The van der Waals surface area contributed by atoms with E-state index in [-0.39, 0.29) is 12.5 Å². The molecule has 1 aliphatic carbocycles. The van der Waals surface area contributed by atoms with Crippen LogP contribution in [0.3, 0.4) is 0 Å². The van der Waals surface area contributed by atoms with Crippen molar-refractivity contribution in [1.29, 1.82) is 0 Å². The van der Waals surface area contributed by atoms with Gasteiger partial charge >= 0.3 is 5.97 Å². The lowest BCUT2D eigenvalue weighted by molar-refractivity contribution is -0.139. The first-order valence-corrected chi connectivity index (χ1v) is 13.9. The van der Waals surface area contributed by atoms with E-state index in [9.17, 15) is 13.2 Å². The Morgan fingerprint density at radius 3 is 2.22 bits per heavy atom. The molecule has 2 N–H and O–H groups in total. The summed E-state index contributed by atoms with van der Waals surface area (Å²) in [7, 11) is -3.60. The summed E-state index contributed by atoms with van der Waals surface area (Å²) in [5, 5.41) is 10.1. The summed E-state index contributed by atoms with van der Waals surface area (Å²) >= 11 is 0. The van der Waals surface area contributed by atoms with Gasteiger partial charge in [-0.3, -0.25) is 0 Å². The van der Waals surface area contributed by atoms with Crippen molar-refractivity contribution in [2.45, 2.75) is 30.4 Å². The van der Waals surface area contributed by atoms with Crippen molar-refractivity contribution in [2.75, 3.05) is 13.2 Å². The Labute approximate surface area is 217 Å². The van der Waals surface area contributed by atoms with Crippen molar-refractivity contribution < 1.29 is 23.1 Å². The largest absolute Gasteiger partial charge is 0.481 e. The fraction of sp³-hybridized carbons (Fsp3) is 0.233. The monoisotopic (exact) mass is 515 g/mol. The zero-order valence-electron chi connectivity index (χ0n) is 20.3. The molecule has 0 saturated carbocycles. The number of sulfonamides is 1. The van der Waals surface area contributed by atoms with E-state index in [0.717, 1.165) is 33.0 Å². The molecule has 0 fully saturated rings. The minimum atomic E-state index is -3.60. The molecule has 6 nitrogen and oxygen atoms in total. The second-order valence-corrected chi connectivity index (χ2v) is 11.4. The summed E-state index contributed by atoms with van der Waals surface area (Å²) in [5.74, 6) is -0.654. The molecule has 4 aromatic rings. The van der Waals surface area contributed by atoms with E-state index in [1.807, 2.05) is 84.9 Å². The quantitative estimate of drug-likeness (QED) is 0.330. The number of carboxylic acids is 1. The minimum absolute atomic E-state index is 0.0946. The topological polar surface area (TPSA) is 92.7 Å². The SMILES string of the molecule is O=C(O)COc1cccc2c3c(ccc12)CCC(S(=O)(=O)NCC(c1ccccc1)c1ccccc1)C3. The summed E-state index contributed by atoms with van der Waals surface area (Å²) in [5.41, 5.74) is 4.24. The van der Waals surface area contributed by atoms with Crippen molar-refractivity contribution in [3.8, 4) is 5.75 Å². The maximum Gasteiger partial charge on any atom is 0.341 e. The van der Waals surface area contributed by atoms with Gasteiger partial charge in [0.25, 0.3) is 0 Å². The minimum Gasteiger partial charge on any atom is -0.481 e. The summed E-state index contributed by atoms with van der Waals surface area (Å²) < 4.78 is 35.5. The van der Waals surface area contributed by atoms with Gasteiger partial charge in [0.05, 0.1) is 5.25 Å². The van der Waals surface area contributed by atoms with Gasteiger partial charge in [0.15, 0.2) is 6.61 Å². The van der Waals surface area contributed by atoms with Crippen LogP contribution in [-0.4, -0.2) is 37.9 Å². The van der Waals surface area contributed by atoms with E-state index in [4.69, 9.17) is 9.84 Å². The van der Waals surface area contributed by atoms with Crippen molar-refractivity contribution >= 4 is 26.8 Å². The number of hydrogen-bond acceptors (Lipinski definition) is 4. The molecule has 0 aliphatic heterocycles. The third kappa shape index (κ3) is 5.53. The second kappa shape index (κ2) is 10.7. The highest BCUT2D eigenvalue weighted by Crippen LogP contribution is 2.35. The lowest BCUT2D eigenvalue weighted by Crippen LogP contribution is -2.39. The number of aryl methyl sites for hydroxylation is 1. The van der Waals surface area contributed by atoms with Crippen molar-refractivity contribution in [2.24, 2.45) is 0 Å². The fourth-order valence-corrected chi connectivity index (χ4v) is 6.65. The Morgan fingerprint density at radius 1 is 0.892 bits per heavy atom. The van der Waals surface area contributed by atoms with E-state index in [2.05, 4.69) is 4.72 Å². The number of fused-ring (bicyclic) bond motifs is 3. The smallest absolute Gasteiger partial charge is 0.341 e. The molecule has 190 valence electrons. The van der Waals surface area contributed by atoms with Gasteiger partial charge in [0, 0.05) is 17.8 Å². The Kier molecular flexibility index (Phi) is 7.26. The molecule has 1 unspecified atom stereocenters. The fourth-order valence-electron chi connectivity index (χ4n) is 5.20. The third-order valence-electron chi connectivity index (χ3n) is 7.08. The standard InChI is InChI=1S/C30H29NO5S/c32-30(33)20-36-29-13-7-12-25-26(29)17-15-23-14-16-24(18-27(23)25)37(34,35)31-19-28(21-8-3-1-4-9-21)22-10-5-2-6-11-22/h1-13,15,17,24,28,31H,14,16,18-20H2,(H,32,33). The molecule has 0 bridgehead atoms. The number of carboxylic acid groups (broad SMARTS) is 1. The maximum absolute atomic E-state index is 13.5. The lowest BCUT2D eigenvalue weighted by atomic mass is 9.87. The predicted octanol–water partition coefficient (Wildman–Crippen LogP) is 4.91. The zero-order chi connectivity index (χ0) is 25.8. The average Bonchev–Trinajstić information content (AvgIpc) is 2.92. The average molecular weight is 516 g/mol. The van der Waals surface area contributed by atoms with Gasteiger partial charge in [-0.25, -0.2) is 17.9 Å². The molecule has 0 amide bonds. The Morgan fingerprint density at radius 2 is 1.57 bits per heavy atom. The van der Waals surface area contributed by atoms with Crippen LogP contribution in [0.25, 0.3) is 10.8 Å². The van der Waals surface area contributed by atoms with Gasteiger partial charge in [-0.2, -0.15) is 0 Å². The highest BCUT2D eigenvalue weighted by atomic mass is 32.2. The lowest BCUT2D eigenvalue weighted by Gasteiger charge is -2.27. The van der Waals surface area contributed by atoms with E-state index >= 15 is 0 Å². The van der Waals surface area contributed by atoms with Gasteiger partial charge in [-0.15, -0.1) is 0 Å². The second-order valence-electron chi connectivity index (χ2n) is 9.37. The number of nitrogens with one attached hydrogen (secondary N) is 1. The van der Waals surface area contributed by atoms with Crippen LogP contribution in [0.15, 0.2) is 91.0 Å². The molecule has 0 heterocycles. The summed E-state index contributed by atoms with van der Waals surface area (Å²) in [6.07, 6.45) is 1.61. The molecule has 4 aromatic carbocycles. The molecule has 5 rings (SSSR count). The van der Waals surface area contributed by atoms with Crippen molar-refractivity contribution in [1.82, 2.24) is 4.72 Å². The number of benzene rings is 4. The number of carbonyl (C=O) groups is 1. The normalized spacial score (nSPS) is 15.4. The van der Waals surface area contributed by atoms with Crippen LogP contribution < -0.4 is 9.46 Å². The molecule has 0 aromatic heterocycles. The summed E-state index contributed by atoms with van der Waals surface area (Å²) in [4.78, 5) is 11.0. The van der Waals surface area contributed by atoms with Crippen molar-refractivity contribution in [3.05, 3.63) is 113 Å². The Bertz CT molecular complexity index is 1460. The van der Waals surface area contributed by atoms with Crippen LogP contribution in [0, 0.1) is 0 Å². The summed E-state index contributed by atoms with van der Waals surface area (Å²) in [6, 6.07) is 29.3. The molecule has 0 saturated heterocycles. The van der Waals surface area contributed by atoms with Gasteiger partial charge in [-0.1, -0.05) is 84.9 Å². The summed E-state index contributed by atoms with van der Waals surface area (Å²) in [6.45, 7) is -0.149. The maximum atomic E-state index is 13.5. The molecule has 1 atom stereocenters.